The van der Waals surface area contributed by atoms with Crippen molar-refractivity contribution in [3.05, 3.63) is 128 Å². The highest BCUT2D eigenvalue weighted by Gasteiger charge is 2.32. The van der Waals surface area contributed by atoms with Crippen molar-refractivity contribution in [3.63, 3.8) is 0 Å². The molecule has 3 aromatic carbocycles. The normalized spacial score (nSPS) is 15.3. The molecule has 4 aromatic rings. The number of benzene rings is 3. The van der Waals surface area contributed by atoms with E-state index in [-0.39, 0.29) is 42.3 Å². The first-order valence-corrected chi connectivity index (χ1v) is 19.7. The van der Waals surface area contributed by atoms with E-state index < -0.39 is 47.5 Å². The lowest BCUT2D eigenvalue weighted by Gasteiger charge is -2.39. The Kier molecular flexibility index (Phi) is 15.9. The number of alkyl halides is 3. The molecule has 61 heavy (non-hydrogen) atoms. The minimum absolute atomic E-state index is 0.0110. The predicted molar refractivity (Wildman–Crippen MR) is 213 cm³/mol. The molecule has 1 fully saturated rings. The summed E-state index contributed by atoms with van der Waals surface area (Å²) in [5, 5.41) is 32.5. The van der Waals surface area contributed by atoms with E-state index in [0.29, 0.717) is 42.8 Å². The Morgan fingerprint density at radius 1 is 0.869 bits per heavy atom. The molecule has 2 atom stereocenters. The predicted octanol–water partition coefficient (Wildman–Crippen LogP) is 5.10. The summed E-state index contributed by atoms with van der Waals surface area (Å²) in [6.45, 7) is 3.39. The van der Waals surface area contributed by atoms with E-state index in [1.807, 2.05) is 33.7 Å². The highest BCUT2D eigenvalue weighted by atomic mass is 19.4. The van der Waals surface area contributed by atoms with Crippen molar-refractivity contribution in [2.75, 3.05) is 33.4 Å². The maximum Gasteiger partial charge on any atom is 0.416 e. The van der Waals surface area contributed by atoms with Crippen LogP contribution in [0.2, 0.25) is 0 Å². The monoisotopic (exact) mass is 857 g/mol. The fraction of sp³-hybridized carbons (Fsp3) is 0.409. The molecule has 2 aliphatic rings. The van der Waals surface area contributed by atoms with Crippen LogP contribution in [0.5, 0.6) is 0 Å². The van der Waals surface area contributed by atoms with Gasteiger partial charge in [-0.15, -0.1) is 0 Å². The number of hydrogen-bond donors (Lipinski definition) is 4. The van der Waals surface area contributed by atoms with E-state index in [9.17, 15) is 41.1 Å². The topological polar surface area (TPSA) is 170 Å². The van der Waals surface area contributed by atoms with Crippen LogP contribution >= 0.6 is 0 Å². The lowest BCUT2D eigenvalue weighted by molar-refractivity contribution is -0.165. The van der Waals surface area contributed by atoms with Gasteiger partial charge in [-0.3, -0.25) is 9.59 Å². The second-order valence-corrected chi connectivity index (χ2v) is 15.0. The number of hydrogen-bond acceptors (Lipinski definition) is 8. The van der Waals surface area contributed by atoms with Crippen molar-refractivity contribution < 1.29 is 61.5 Å². The molecule has 4 N–H and O–H groups in total. The zero-order valence-electron chi connectivity index (χ0n) is 33.4. The summed E-state index contributed by atoms with van der Waals surface area (Å²) in [5.74, 6) is -5.47. The molecule has 1 aliphatic heterocycles. The zero-order valence-corrected chi connectivity index (χ0v) is 33.4. The molecule has 6 rings (SSSR count). The highest BCUT2D eigenvalue weighted by molar-refractivity contribution is 5.83. The molecule has 0 radical (unpaired) electrons. The molecule has 0 spiro atoms. The lowest BCUT2D eigenvalue weighted by Crippen LogP contribution is -2.48. The van der Waals surface area contributed by atoms with Gasteiger partial charge in [0.15, 0.2) is 29.3 Å². The van der Waals surface area contributed by atoms with Gasteiger partial charge in [-0.05, 0) is 85.4 Å². The number of aryl methyl sites for hydroxylation is 2. The van der Waals surface area contributed by atoms with E-state index in [1.165, 1.54) is 24.3 Å². The smallest absolute Gasteiger partial charge is 0.416 e. The Morgan fingerprint density at radius 3 is 2.05 bits per heavy atom. The van der Waals surface area contributed by atoms with E-state index >= 15 is 0 Å². The maximum absolute atomic E-state index is 14.6. The molecule has 2 heterocycles. The lowest BCUT2D eigenvalue weighted by atomic mass is 10.00. The number of aliphatic hydroxyl groups is 2. The van der Waals surface area contributed by atoms with Crippen molar-refractivity contribution in [1.82, 2.24) is 14.4 Å². The number of likely N-dealkylation sites (tertiary alicyclic amines) is 1. The number of piperidine rings is 1. The van der Waals surface area contributed by atoms with Gasteiger partial charge in [-0.2, -0.15) is 13.2 Å². The van der Waals surface area contributed by atoms with Crippen LogP contribution < -0.4 is 5.43 Å². The van der Waals surface area contributed by atoms with Crippen LogP contribution in [0.4, 0.5) is 22.0 Å². The first-order valence-electron chi connectivity index (χ1n) is 19.7. The molecule has 1 saturated heterocycles. The van der Waals surface area contributed by atoms with Gasteiger partial charge in [0.05, 0.1) is 12.2 Å². The molecule has 0 unspecified atom stereocenters. The van der Waals surface area contributed by atoms with Gasteiger partial charge in [-0.25, -0.2) is 18.4 Å². The number of nitrogens with zero attached hydrogens (tertiary/aromatic N) is 3. The number of carboxylic acids is 2. The van der Waals surface area contributed by atoms with E-state index in [1.54, 1.807) is 13.2 Å². The first kappa shape index (κ1) is 46.6. The Labute approximate surface area is 348 Å². The number of pyridine rings is 1. The highest BCUT2D eigenvalue weighted by Crippen LogP contribution is 2.31. The fourth-order valence-corrected chi connectivity index (χ4v) is 7.63. The summed E-state index contributed by atoms with van der Waals surface area (Å²) in [4.78, 5) is 51.4. The molecule has 1 amide bonds. The molecule has 1 aliphatic carbocycles. The van der Waals surface area contributed by atoms with Crippen LogP contribution in [-0.2, 0) is 64.1 Å². The Hall–Kier alpha value is -5.49. The second kappa shape index (κ2) is 20.9. The van der Waals surface area contributed by atoms with Gasteiger partial charge in [0.2, 0.25) is 5.91 Å². The number of carbonyl (C=O) groups excluding carboxylic acids is 1. The van der Waals surface area contributed by atoms with Crippen LogP contribution in [0.15, 0.2) is 77.6 Å². The summed E-state index contributed by atoms with van der Waals surface area (Å²) < 4.78 is 75.0. The molecule has 1 aromatic heterocycles. The van der Waals surface area contributed by atoms with Crippen molar-refractivity contribution in [2.45, 2.75) is 82.5 Å². The SMILES string of the molecule is COCCN1CCC(N(Cc2ccc(-c3ccc(C(F)(F)F)cc3)cc2)C(=O)Cn2c(CCc3cccc(F)c3F)cc(=O)c3c2CCC3)CC1.O=C(O)[C@H](O)[C@@H](O)C(=O)O. The van der Waals surface area contributed by atoms with Gasteiger partial charge >= 0.3 is 18.1 Å². The number of carboxylic acid groups (broad SMARTS) is 2. The minimum Gasteiger partial charge on any atom is -0.479 e. The second-order valence-electron chi connectivity index (χ2n) is 15.0. The number of carbonyl (C=O) groups is 3. The van der Waals surface area contributed by atoms with Gasteiger partial charge in [0, 0.05) is 62.3 Å². The average molecular weight is 858 g/mol. The van der Waals surface area contributed by atoms with Crippen LogP contribution in [0, 0.1) is 11.6 Å². The standard InChI is InChI=1S/C40H42F5N3O3.C4H6O6/c1-51-23-22-46-20-18-32(19-21-46)48(25-27-8-10-28(11-9-27)29-12-15-31(16-13-29)40(43,44)45)38(50)26-47-33(24-37(49)34-5-3-7-36(34)47)17-14-30-4-2-6-35(41)39(30)42;5-1(3(7)8)2(6)4(9)10/h2,4,6,8-13,15-16,24,32H,3,5,7,14,17-23,25-26H2,1H3;1-2,5-6H,(H,7,8)(H,9,10)/t;1-,2-/m.1/s1. The number of fused-ring (bicyclic) bond motifs is 1. The summed E-state index contributed by atoms with van der Waals surface area (Å²) >= 11 is 0. The van der Waals surface area contributed by atoms with Gasteiger partial charge in [-0.1, -0.05) is 48.5 Å². The number of rotatable bonds is 15. The van der Waals surface area contributed by atoms with Crippen molar-refractivity contribution in [1.29, 1.82) is 0 Å². The van der Waals surface area contributed by atoms with Crippen molar-refractivity contribution in [2.24, 2.45) is 0 Å². The number of aliphatic carboxylic acids is 2. The molecular formula is C44H48F5N3O9. The van der Waals surface area contributed by atoms with E-state index in [0.717, 1.165) is 73.9 Å². The van der Waals surface area contributed by atoms with Crippen molar-refractivity contribution in [3.8, 4) is 11.1 Å². The third kappa shape index (κ3) is 12.1. The summed E-state index contributed by atoms with van der Waals surface area (Å²) in [7, 11) is 1.67. The average Bonchev–Trinajstić information content (AvgIpc) is 3.75. The first-order chi connectivity index (χ1) is 29.0. The van der Waals surface area contributed by atoms with Gasteiger partial charge in [0.25, 0.3) is 0 Å². The number of aromatic nitrogens is 1. The Bertz CT molecular complexity index is 2190. The molecule has 0 saturated carbocycles. The van der Waals surface area contributed by atoms with Crippen LogP contribution in [0.3, 0.4) is 0 Å². The van der Waals surface area contributed by atoms with Crippen LogP contribution in [0.25, 0.3) is 11.1 Å². The molecular weight excluding hydrogens is 809 g/mol. The summed E-state index contributed by atoms with van der Waals surface area (Å²) in [5.41, 5.74) is 3.88. The summed E-state index contributed by atoms with van der Waals surface area (Å²) in [6, 6.07) is 18.1. The quantitative estimate of drug-likeness (QED) is 0.118. The van der Waals surface area contributed by atoms with Gasteiger partial charge in [0.1, 0.15) is 6.54 Å². The Morgan fingerprint density at radius 2 is 1.48 bits per heavy atom. The van der Waals surface area contributed by atoms with E-state index in [2.05, 4.69) is 4.90 Å². The molecule has 328 valence electrons. The van der Waals surface area contributed by atoms with Crippen molar-refractivity contribution >= 4 is 17.8 Å². The fourth-order valence-electron chi connectivity index (χ4n) is 7.63. The largest absolute Gasteiger partial charge is 0.479 e. The number of amides is 1. The van der Waals surface area contributed by atoms with Crippen LogP contribution in [-0.4, -0.2) is 104 Å². The summed E-state index contributed by atoms with van der Waals surface area (Å²) in [6.07, 6.45) is -4.87. The number of aliphatic hydroxyl groups excluding tert-OH is 2. The molecule has 0 bridgehead atoms. The zero-order chi connectivity index (χ0) is 44.4. The van der Waals surface area contributed by atoms with Gasteiger partial charge < -0.3 is 39.5 Å². The Balaban J connectivity index is 0.000000626. The van der Waals surface area contributed by atoms with Crippen LogP contribution in [0.1, 0.15) is 52.9 Å². The maximum atomic E-state index is 14.6. The third-order valence-electron chi connectivity index (χ3n) is 11.0. The third-order valence-corrected chi connectivity index (χ3v) is 11.0. The number of ether oxygens (including phenoxy) is 1. The molecule has 12 nitrogen and oxygen atoms in total. The van der Waals surface area contributed by atoms with E-state index in [4.69, 9.17) is 25.2 Å². The number of halogens is 5. The number of methoxy groups -OCH3 is 1. The molecule has 17 heteroatoms. The minimum atomic E-state index is -4.41.